The molecule has 2 nitrogen and oxygen atoms in total. The predicted molar refractivity (Wildman–Crippen MR) is 65.9 cm³/mol. The van der Waals surface area contributed by atoms with Gasteiger partial charge in [-0.2, -0.15) is 0 Å². The van der Waals surface area contributed by atoms with E-state index in [1.807, 2.05) is 0 Å². The number of anilines is 1. The Labute approximate surface area is 97.0 Å². The summed E-state index contributed by atoms with van der Waals surface area (Å²) in [6, 6.07) is 7.31. The molecule has 2 heteroatoms. The van der Waals surface area contributed by atoms with Gasteiger partial charge in [-0.3, -0.25) is 0 Å². The van der Waals surface area contributed by atoms with E-state index in [1.165, 1.54) is 30.5 Å². The molecule has 0 amide bonds. The largest absolute Gasteiger partial charge is 0.380 e. The Morgan fingerprint density at radius 1 is 1.25 bits per heavy atom. The van der Waals surface area contributed by atoms with Gasteiger partial charge in [-0.15, -0.1) is 0 Å². The summed E-state index contributed by atoms with van der Waals surface area (Å²) in [5.41, 5.74) is 4.35. The van der Waals surface area contributed by atoms with Crippen LogP contribution in [-0.2, 0) is 17.6 Å². The standard InChI is InChI=1S/C14H19NO/c1-10-14(7-8-16-10)15-13-6-5-11-3-2-4-12(11)9-13/h5-6,9-10,14-15H,2-4,7-8H2,1H3. The van der Waals surface area contributed by atoms with Crippen molar-refractivity contribution in [2.75, 3.05) is 11.9 Å². The van der Waals surface area contributed by atoms with Crippen LogP contribution in [0.4, 0.5) is 5.69 Å². The molecular weight excluding hydrogens is 198 g/mol. The van der Waals surface area contributed by atoms with Gasteiger partial charge in [0.05, 0.1) is 12.1 Å². The lowest BCUT2D eigenvalue weighted by atomic mass is 10.1. The SMILES string of the molecule is CC1OCCC1Nc1ccc2c(c1)CCC2. The number of fused-ring (bicyclic) bond motifs is 1. The zero-order valence-electron chi connectivity index (χ0n) is 9.83. The van der Waals surface area contributed by atoms with Gasteiger partial charge < -0.3 is 10.1 Å². The van der Waals surface area contributed by atoms with Crippen molar-refractivity contribution < 1.29 is 4.74 Å². The lowest BCUT2D eigenvalue weighted by Crippen LogP contribution is -2.26. The second-order valence-corrected chi connectivity index (χ2v) is 4.95. The van der Waals surface area contributed by atoms with E-state index in [0.29, 0.717) is 12.1 Å². The van der Waals surface area contributed by atoms with Crippen molar-refractivity contribution in [3.8, 4) is 0 Å². The number of aryl methyl sites for hydroxylation is 2. The van der Waals surface area contributed by atoms with E-state index >= 15 is 0 Å². The molecule has 86 valence electrons. The van der Waals surface area contributed by atoms with Gasteiger partial charge in [0, 0.05) is 12.3 Å². The second-order valence-electron chi connectivity index (χ2n) is 4.95. The van der Waals surface area contributed by atoms with Crippen LogP contribution < -0.4 is 5.32 Å². The van der Waals surface area contributed by atoms with Crippen LogP contribution in [0.1, 0.15) is 30.9 Å². The molecule has 1 heterocycles. The third-order valence-corrected chi connectivity index (χ3v) is 3.83. The fourth-order valence-corrected chi connectivity index (χ4v) is 2.80. The highest BCUT2D eigenvalue weighted by Crippen LogP contribution is 2.26. The summed E-state index contributed by atoms with van der Waals surface area (Å²) >= 11 is 0. The van der Waals surface area contributed by atoms with Crippen LogP contribution in [0.2, 0.25) is 0 Å². The zero-order valence-corrected chi connectivity index (χ0v) is 9.83. The van der Waals surface area contributed by atoms with Crippen molar-refractivity contribution in [1.29, 1.82) is 0 Å². The molecule has 2 unspecified atom stereocenters. The molecule has 16 heavy (non-hydrogen) atoms. The lowest BCUT2D eigenvalue weighted by molar-refractivity contribution is 0.121. The van der Waals surface area contributed by atoms with E-state index in [9.17, 15) is 0 Å². The monoisotopic (exact) mass is 217 g/mol. The Hall–Kier alpha value is -1.02. The summed E-state index contributed by atoms with van der Waals surface area (Å²) in [4.78, 5) is 0. The van der Waals surface area contributed by atoms with E-state index in [4.69, 9.17) is 4.74 Å². The molecule has 1 fully saturated rings. The van der Waals surface area contributed by atoms with Crippen LogP contribution in [0.25, 0.3) is 0 Å². The number of ether oxygens (including phenoxy) is 1. The molecule has 2 atom stereocenters. The fourth-order valence-electron chi connectivity index (χ4n) is 2.80. The van der Waals surface area contributed by atoms with E-state index in [-0.39, 0.29) is 0 Å². The van der Waals surface area contributed by atoms with Gasteiger partial charge in [0.15, 0.2) is 0 Å². The van der Waals surface area contributed by atoms with E-state index in [2.05, 4.69) is 30.4 Å². The average Bonchev–Trinajstić information content (AvgIpc) is 2.88. The first-order valence-corrected chi connectivity index (χ1v) is 6.33. The quantitative estimate of drug-likeness (QED) is 0.822. The molecule has 1 N–H and O–H groups in total. The minimum atomic E-state index is 0.341. The van der Waals surface area contributed by atoms with Crippen molar-refractivity contribution in [1.82, 2.24) is 0 Å². The zero-order chi connectivity index (χ0) is 11.0. The third-order valence-electron chi connectivity index (χ3n) is 3.83. The highest BCUT2D eigenvalue weighted by atomic mass is 16.5. The summed E-state index contributed by atoms with van der Waals surface area (Å²) < 4.78 is 5.57. The highest BCUT2D eigenvalue weighted by Gasteiger charge is 2.24. The maximum atomic E-state index is 5.57. The minimum absolute atomic E-state index is 0.341. The van der Waals surface area contributed by atoms with Crippen LogP contribution in [-0.4, -0.2) is 18.8 Å². The van der Waals surface area contributed by atoms with Crippen molar-refractivity contribution >= 4 is 5.69 Å². The maximum Gasteiger partial charge on any atom is 0.0748 e. The molecular formula is C14H19NO. The van der Waals surface area contributed by atoms with Crippen LogP contribution in [0.3, 0.4) is 0 Å². The summed E-state index contributed by atoms with van der Waals surface area (Å²) in [6.45, 7) is 3.04. The van der Waals surface area contributed by atoms with Gasteiger partial charge in [0.25, 0.3) is 0 Å². The highest BCUT2D eigenvalue weighted by molar-refractivity contribution is 5.50. The van der Waals surface area contributed by atoms with Crippen LogP contribution in [0.15, 0.2) is 18.2 Å². The fraction of sp³-hybridized carbons (Fsp3) is 0.571. The molecule has 0 saturated carbocycles. The Morgan fingerprint density at radius 3 is 2.94 bits per heavy atom. The molecule has 0 radical (unpaired) electrons. The molecule has 3 rings (SSSR count). The summed E-state index contributed by atoms with van der Waals surface area (Å²) in [5.74, 6) is 0. The summed E-state index contributed by atoms with van der Waals surface area (Å²) in [7, 11) is 0. The molecule has 0 spiro atoms. The normalized spacial score (nSPS) is 28.1. The third kappa shape index (κ3) is 1.82. The molecule has 1 aromatic rings. The summed E-state index contributed by atoms with van der Waals surface area (Å²) in [6.07, 6.45) is 5.30. The van der Waals surface area contributed by atoms with E-state index in [0.717, 1.165) is 13.0 Å². The van der Waals surface area contributed by atoms with Gasteiger partial charge in [-0.05, 0) is 55.9 Å². The Bertz CT molecular complexity index is 388. The molecule has 1 aliphatic carbocycles. The van der Waals surface area contributed by atoms with Crippen molar-refractivity contribution in [3.63, 3.8) is 0 Å². The first-order valence-electron chi connectivity index (χ1n) is 6.33. The van der Waals surface area contributed by atoms with Gasteiger partial charge in [0.2, 0.25) is 0 Å². The van der Waals surface area contributed by atoms with Gasteiger partial charge in [-0.1, -0.05) is 6.07 Å². The summed E-state index contributed by atoms with van der Waals surface area (Å²) in [5, 5.41) is 3.60. The van der Waals surface area contributed by atoms with Crippen molar-refractivity contribution in [3.05, 3.63) is 29.3 Å². The van der Waals surface area contributed by atoms with Gasteiger partial charge in [-0.25, -0.2) is 0 Å². The van der Waals surface area contributed by atoms with Crippen LogP contribution in [0.5, 0.6) is 0 Å². The lowest BCUT2D eigenvalue weighted by Gasteiger charge is -2.18. The van der Waals surface area contributed by atoms with E-state index in [1.54, 1.807) is 5.56 Å². The molecule has 2 aliphatic rings. The number of benzene rings is 1. The van der Waals surface area contributed by atoms with E-state index < -0.39 is 0 Å². The molecule has 1 saturated heterocycles. The predicted octanol–water partition coefficient (Wildman–Crippen LogP) is 2.76. The number of nitrogens with one attached hydrogen (secondary N) is 1. The van der Waals surface area contributed by atoms with Gasteiger partial charge in [0.1, 0.15) is 0 Å². The van der Waals surface area contributed by atoms with Crippen molar-refractivity contribution in [2.24, 2.45) is 0 Å². The Kier molecular flexibility index (Phi) is 2.60. The first-order chi connectivity index (χ1) is 7.83. The molecule has 0 aromatic heterocycles. The average molecular weight is 217 g/mol. The number of rotatable bonds is 2. The number of hydrogen-bond donors (Lipinski definition) is 1. The Balaban J connectivity index is 1.75. The topological polar surface area (TPSA) is 21.3 Å². The van der Waals surface area contributed by atoms with Crippen molar-refractivity contribution in [2.45, 2.75) is 44.8 Å². The molecule has 0 bridgehead atoms. The first kappa shape index (κ1) is 10.2. The van der Waals surface area contributed by atoms with Gasteiger partial charge >= 0.3 is 0 Å². The molecule has 1 aromatic carbocycles. The Morgan fingerprint density at radius 2 is 2.12 bits per heavy atom. The van der Waals surface area contributed by atoms with Crippen LogP contribution in [0, 0.1) is 0 Å². The number of hydrogen-bond acceptors (Lipinski definition) is 2. The smallest absolute Gasteiger partial charge is 0.0748 e. The maximum absolute atomic E-state index is 5.57. The van der Waals surface area contributed by atoms with Crippen LogP contribution >= 0.6 is 0 Å². The molecule has 1 aliphatic heterocycles. The minimum Gasteiger partial charge on any atom is -0.380 e. The second kappa shape index (κ2) is 4.10.